The third-order valence-corrected chi connectivity index (χ3v) is 6.02. The van der Waals surface area contributed by atoms with Crippen molar-refractivity contribution in [2.75, 3.05) is 20.2 Å². The molecule has 2 N–H and O–H groups in total. The Balaban J connectivity index is 1.39. The van der Waals surface area contributed by atoms with E-state index in [4.69, 9.17) is 4.74 Å². The van der Waals surface area contributed by atoms with Crippen LogP contribution in [0.5, 0.6) is 0 Å². The lowest BCUT2D eigenvalue weighted by Gasteiger charge is -2.25. The molecular formula is C24H37N5O. The minimum atomic E-state index is 0.248. The highest BCUT2D eigenvalue weighted by molar-refractivity contribution is 5.79. The molecule has 2 atom stereocenters. The van der Waals surface area contributed by atoms with Crippen LogP contribution >= 0.6 is 0 Å². The Morgan fingerprint density at radius 3 is 2.87 bits per heavy atom. The van der Waals surface area contributed by atoms with Crippen molar-refractivity contribution in [2.24, 2.45) is 12.0 Å². The fraction of sp³-hybridized carbons (Fsp3) is 0.583. The number of hydrogen-bond donors (Lipinski definition) is 2. The maximum absolute atomic E-state index is 6.20. The molecule has 1 heterocycles. The lowest BCUT2D eigenvalue weighted by atomic mass is 9.89. The number of aliphatic imine (C=N–C) groups is 1. The average Bonchev–Trinajstić information content (AvgIpc) is 2.98. The van der Waals surface area contributed by atoms with Crippen molar-refractivity contribution < 1.29 is 4.74 Å². The highest BCUT2D eigenvalue weighted by Crippen LogP contribution is 2.32. The third kappa shape index (κ3) is 5.63. The molecule has 0 bridgehead atoms. The van der Waals surface area contributed by atoms with E-state index in [9.17, 15) is 0 Å². The molecule has 164 valence electrons. The summed E-state index contributed by atoms with van der Waals surface area (Å²) in [6, 6.07) is 8.97. The van der Waals surface area contributed by atoms with Crippen molar-refractivity contribution in [1.29, 1.82) is 0 Å². The molecule has 3 rings (SSSR count). The molecule has 0 aliphatic heterocycles. The van der Waals surface area contributed by atoms with Gasteiger partial charge in [0.15, 0.2) is 5.96 Å². The second-order valence-electron chi connectivity index (χ2n) is 8.33. The first-order chi connectivity index (χ1) is 14.5. The van der Waals surface area contributed by atoms with Crippen molar-refractivity contribution in [1.82, 2.24) is 20.4 Å². The van der Waals surface area contributed by atoms with Crippen LogP contribution in [0, 0.1) is 13.8 Å². The van der Waals surface area contributed by atoms with Crippen LogP contribution in [-0.4, -0.2) is 42.0 Å². The number of nitrogens with one attached hydrogen (secondary N) is 2. The summed E-state index contributed by atoms with van der Waals surface area (Å²) in [5.41, 5.74) is 6.47. The highest BCUT2D eigenvalue weighted by atomic mass is 16.5. The summed E-state index contributed by atoms with van der Waals surface area (Å²) in [6.07, 6.45) is 5.64. The molecule has 1 aromatic carbocycles. The lowest BCUT2D eigenvalue weighted by Crippen LogP contribution is -2.43. The summed E-state index contributed by atoms with van der Waals surface area (Å²) < 4.78 is 8.16. The zero-order chi connectivity index (χ0) is 21.5. The Morgan fingerprint density at radius 1 is 1.33 bits per heavy atom. The number of nitrogens with zero attached hydrogens (tertiary/aromatic N) is 3. The molecule has 30 heavy (non-hydrogen) atoms. The second-order valence-corrected chi connectivity index (χ2v) is 8.33. The Kier molecular flexibility index (Phi) is 7.91. The van der Waals surface area contributed by atoms with E-state index < -0.39 is 0 Å². The van der Waals surface area contributed by atoms with Crippen molar-refractivity contribution >= 4 is 5.96 Å². The van der Waals surface area contributed by atoms with Gasteiger partial charge in [0.25, 0.3) is 0 Å². The monoisotopic (exact) mass is 411 g/mol. The molecule has 1 aromatic heterocycles. The molecule has 6 nitrogen and oxygen atoms in total. The quantitative estimate of drug-likeness (QED) is 0.396. The number of aryl methyl sites for hydroxylation is 3. The normalized spacial score (nSPS) is 17.5. The fourth-order valence-corrected chi connectivity index (χ4v) is 4.29. The number of fused-ring (bicyclic) bond motifs is 1. The largest absolute Gasteiger partial charge is 0.373 e. The highest BCUT2D eigenvalue weighted by Gasteiger charge is 2.20. The Bertz CT molecular complexity index is 857. The number of rotatable bonds is 8. The van der Waals surface area contributed by atoms with Crippen molar-refractivity contribution in [2.45, 2.75) is 65.0 Å². The molecule has 0 fully saturated rings. The van der Waals surface area contributed by atoms with Crippen molar-refractivity contribution in [3.63, 3.8) is 0 Å². The van der Waals surface area contributed by atoms with E-state index in [2.05, 4.69) is 65.8 Å². The predicted octanol–water partition coefficient (Wildman–Crippen LogP) is 3.62. The molecular weight excluding hydrogens is 374 g/mol. The zero-order valence-corrected chi connectivity index (χ0v) is 19.2. The van der Waals surface area contributed by atoms with E-state index >= 15 is 0 Å². The van der Waals surface area contributed by atoms with Crippen LogP contribution in [0.2, 0.25) is 0 Å². The van der Waals surface area contributed by atoms with E-state index in [1.165, 1.54) is 35.2 Å². The SMILES string of the molecule is CN=C(NCCCOC1CCCc2ccccc21)NC(C)Cc1c(C)nn(C)c1C. The number of ether oxygens (including phenoxy) is 1. The molecule has 1 aliphatic carbocycles. The van der Waals surface area contributed by atoms with Crippen molar-refractivity contribution in [3.8, 4) is 0 Å². The Labute approximate surface area is 181 Å². The molecule has 6 heteroatoms. The molecule has 0 radical (unpaired) electrons. The van der Waals surface area contributed by atoms with E-state index in [-0.39, 0.29) is 12.1 Å². The van der Waals surface area contributed by atoms with Crippen LogP contribution in [0.1, 0.15) is 60.4 Å². The second kappa shape index (κ2) is 10.6. The summed E-state index contributed by atoms with van der Waals surface area (Å²) in [5, 5.41) is 11.4. The average molecular weight is 412 g/mol. The maximum atomic E-state index is 6.20. The van der Waals surface area contributed by atoms with Gasteiger partial charge in [-0.1, -0.05) is 24.3 Å². The molecule has 1 aliphatic rings. The molecule has 0 amide bonds. The minimum absolute atomic E-state index is 0.248. The van der Waals surface area contributed by atoms with Crippen LogP contribution in [0.3, 0.4) is 0 Å². The van der Waals surface area contributed by atoms with Gasteiger partial charge in [-0.3, -0.25) is 9.67 Å². The molecule has 2 aromatic rings. The molecule has 0 saturated heterocycles. The van der Waals surface area contributed by atoms with Gasteiger partial charge in [-0.2, -0.15) is 5.10 Å². The summed E-state index contributed by atoms with van der Waals surface area (Å²) >= 11 is 0. The number of benzene rings is 1. The van der Waals surface area contributed by atoms with Gasteiger partial charge in [0.05, 0.1) is 11.8 Å². The van der Waals surface area contributed by atoms with Crippen LogP contribution < -0.4 is 10.6 Å². The van der Waals surface area contributed by atoms with Gasteiger partial charge < -0.3 is 15.4 Å². The van der Waals surface area contributed by atoms with Gasteiger partial charge >= 0.3 is 0 Å². The standard InChI is InChI=1S/C24H37N5O/c1-17(16-22-18(2)28-29(5)19(22)3)27-24(25-4)26-14-9-15-30-23-13-8-11-20-10-6-7-12-21(20)23/h6-7,10,12,17,23H,8-9,11,13-16H2,1-5H3,(H2,25,26,27). The smallest absolute Gasteiger partial charge is 0.191 e. The van der Waals surface area contributed by atoms with E-state index in [1.54, 1.807) is 0 Å². The minimum Gasteiger partial charge on any atom is -0.373 e. The third-order valence-electron chi connectivity index (χ3n) is 6.02. The van der Waals surface area contributed by atoms with Gasteiger partial charge in [-0.05, 0) is 69.6 Å². The van der Waals surface area contributed by atoms with Gasteiger partial charge in [-0.15, -0.1) is 0 Å². The van der Waals surface area contributed by atoms with Gasteiger partial charge in [-0.25, -0.2) is 0 Å². The predicted molar refractivity (Wildman–Crippen MR) is 123 cm³/mol. The summed E-state index contributed by atoms with van der Waals surface area (Å²) in [7, 11) is 3.82. The van der Waals surface area contributed by atoms with Crippen molar-refractivity contribution in [3.05, 3.63) is 52.3 Å². The lowest BCUT2D eigenvalue weighted by molar-refractivity contribution is 0.0398. The molecule has 0 spiro atoms. The Hall–Kier alpha value is -2.34. The van der Waals surface area contributed by atoms with E-state index in [0.29, 0.717) is 0 Å². The summed E-state index contributed by atoms with van der Waals surface area (Å²) in [6.45, 7) is 7.98. The first kappa shape index (κ1) is 22.3. The van der Waals surface area contributed by atoms with Crippen LogP contribution in [0.25, 0.3) is 0 Å². The topological polar surface area (TPSA) is 63.5 Å². The van der Waals surface area contributed by atoms with Gasteiger partial charge in [0.1, 0.15) is 0 Å². The summed E-state index contributed by atoms with van der Waals surface area (Å²) in [4.78, 5) is 4.37. The zero-order valence-electron chi connectivity index (χ0n) is 19.2. The fourth-order valence-electron chi connectivity index (χ4n) is 4.29. The number of aromatic nitrogens is 2. The maximum Gasteiger partial charge on any atom is 0.191 e. The summed E-state index contributed by atoms with van der Waals surface area (Å²) in [5.74, 6) is 0.838. The first-order valence-electron chi connectivity index (χ1n) is 11.1. The first-order valence-corrected chi connectivity index (χ1v) is 11.1. The Morgan fingerprint density at radius 2 is 2.13 bits per heavy atom. The van der Waals surface area contributed by atoms with E-state index in [1.807, 2.05) is 18.8 Å². The number of hydrogen-bond acceptors (Lipinski definition) is 3. The molecule has 2 unspecified atom stereocenters. The van der Waals surface area contributed by atoms with Crippen LogP contribution in [0.4, 0.5) is 0 Å². The van der Waals surface area contributed by atoms with E-state index in [0.717, 1.165) is 44.1 Å². The van der Waals surface area contributed by atoms with Gasteiger partial charge in [0.2, 0.25) is 0 Å². The molecule has 0 saturated carbocycles. The van der Waals surface area contributed by atoms with Gasteiger partial charge in [0, 0.05) is 39.0 Å². The van der Waals surface area contributed by atoms with Crippen LogP contribution in [0.15, 0.2) is 29.3 Å². The number of guanidine groups is 1. The van der Waals surface area contributed by atoms with Crippen LogP contribution in [-0.2, 0) is 24.6 Å².